The van der Waals surface area contributed by atoms with E-state index in [0.29, 0.717) is 29.8 Å². The van der Waals surface area contributed by atoms with Gasteiger partial charge in [-0.05, 0) is 37.5 Å². The highest BCUT2D eigenvalue weighted by Gasteiger charge is 2.19. The summed E-state index contributed by atoms with van der Waals surface area (Å²) in [6, 6.07) is 9.05. The Morgan fingerprint density at radius 3 is 3.03 bits per heavy atom. The number of hydrogen-bond donors (Lipinski definition) is 3. The van der Waals surface area contributed by atoms with E-state index in [4.69, 9.17) is 16.0 Å². The van der Waals surface area contributed by atoms with Gasteiger partial charge in [0.1, 0.15) is 11.4 Å². The molecular weight excluding hydrogens is 437 g/mol. The molecule has 174 valence electrons. The third-order valence-corrected chi connectivity index (χ3v) is 5.57. The fourth-order valence-corrected chi connectivity index (χ4v) is 3.76. The highest BCUT2D eigenvalue weighted by atomic mass is 19.1. The second-order valence-corrected chi connectivity index (χ2v) is 7.87. The number of nitrogens with two attached hydrogens (primary N) is 1. The molecule has 3 aromatic rings. The number of nitrogens with zero attached hydrogens (tertiary/aromatic N) is 6. The molecule has 1 atom stereocenters. The van der Waals surface area contributed by atoms with Crippen molar-refractivity contribution in [2.24, 2.45) is 5.11 Å². The highest BCUT2D eigenvalue weighted by molar-refractivity contribution is 5.69. The van der Waals surface area contributed by atoms with Crippen molar-refractivity contribution in [2.45, 2.75) is 39.0 Å². The summed E-state index contributed by atoms with van der Waals surface area (Å²) in [5, 5.41) is 20.2. The van der Waals surface area contributed by atoms with Crippen LogP contribution in [0.4, 0.5) is 10.2 Å². The Balaban J connectivity index is 1.53. The molecular formula is C23H24FN9O. The quantitative estimate of drug-likeness (QED) is 0.434. The summed E-state index contributed by atoms with van der Waals surface area (Å²) in [6.07, 6.45) is 5.55. The number of benzene rings is 1. The van der Waals surface area contributed by atoms with Gasteiger partial charge in [-0.3, -0.25) is 4.68 Å². The zero-order valence-electron chi connectivity index (χ0n) is 18.6. The number of anilines is 1. The Kier molecular flexibility index (Phi) is 6.89. The van der Waals surface area contributed by atoms with Crippen LogP contribution in [0.25, 0.3) is 17.1 Å². The predicted octanol–water partition coefficient (Wildman–Crippen LogP) is 3.54. The fourth-order valence-electron chi connectivity index (χ4n) is 3.76. The Bertz CT molecular complexity index is 1270. The van der Waals surface area contributed by atoms with Crippen LogP contribution < -0.4 is 11.1 Å². The van der Waals surface area contributed by atoms with Crippen LogP contribution in [0.15, 0.2) is 41.8 Å². The molecule has 1 aliphatic rings. The maximum Gasteiger partial charge on any atom is 0.193 e. The topological polar surface area (TPSA) is 151 Å². The van der Waals surface area contributed by atoms with Gasteiger partial charge in [-0.1, -0.05) is 12.1 Å². The lowest BCUT2D eigenvalue weighted by Crippen LogP contribution is -2.16. The number of nitriles is 1. The Labute approximate surface area is 195 Å². The molecule has 4 rings (SSSR count). The summed E-state index contributed by atoms with van der Waals surface area (Å²) >= 11 is 0. The molecule has 1 unspecified atom stereocenters. The summed E-state index contributed by atoms with van der Waals surface area (Å²) in [4.78, 5) is 8.30. The second-order valence-electron chi connectivity index (χ2n) is 7.87. The third-order valence-electron chi connectivity index (χ3n) is 5.57. The molecule has 1 fully saturated rings. The number of hydrogen-bond acceptors (Lipinski definition) is 9. The number of ether oxygens (including phenoxy) is 1. The lowest BCUT2D eigenvalue weighted by Gasteiger charge is -2.10. The van der Waals surface area contributed by atoms with Gasteiger partial charge in [0.15, 0.2) is 17.5 Å². The van der Waals surface area contributed by atoms with Crippen molar-refractivity contribution in [3.05, 3.63) is 65.0 Å². The SMILES string of the molecule is Cc1c(C#N)cccc1-c1nc(N)c(F)c(/C(=C/NCc2ccn(CC3CCCO3)n2)N=N)n1. The van der Waals surface area contributed by atoms with Crippen molar-refractivity contribution in [3.63, 3.8) is 0 Å². The van der Waals surface area contributed by atoms with Crippen LogP contribution in [-0.2, 0) is 17.8 Å². The summed E-state index contributed by atoms with van der Waals surface area (Å²) < 4.78 is 22.3. The van der Waals surface area contributed by atoms with E-state index in [0.717, 1.165) is 25.1 Å². The molecule has 10 nitrogen and oxygen atoms in total. The summed E-state index contributed by atoms with van der Waals surface area (Å²) in [6.45, 7) is 3.58. The Hall–Kier alpha value is -4.17. The molecule has 2 aromatic heterocycles. The zero-order chi connectivity index (χ0) is 24.1. The molecule has 1 saturated heterocycles. The Morgan fingerprint density at radius 2 is 2.29 bits per heavy atom. The Morgan fingerprint density at radius 1 is 1.44 bits per heavy atom. The molecule has 11 heteroatoms. The number of aromatic nitrogens is 4. The lowest BCUT2D eigenvalue weighted by atomic mass is 10.0. The average molecular weight is 462 g/mol. The zero-order valence-corrected chi connectivity index (χ0v) is 18.6. The average Bonchev–Trinajstić information content (AvgIpc) is 3.51. The van der Waals surface area contributed by atoms with E-state index in [9.17, 15) is 9.65 Å². The van der Waals surface area contributed by atoms with Gasteiger partial charge >= 0.3 is 0 Å². The van der Waals surface area contributed by atoms with Gasteiger partial charge in [0.05, 0.1) is 36.5 Å². The largest absolute Gasteiger partial charge is 0.383 e. The smallest absolute Gasteiger partial charge is 0.193 e. The fraction of sp³-hybridized carbons (Fsp3) is 0.304. The predicted molar refractivity (Wildman–Crippen MR) is 122 cm³/mol. The van der Waals surface area contributed by atoms with E-state index in [-0.39, 0.29) is 29.1 Å². The molecule has 34 heavy (non-hydrogen) atoms. The van der Waals surface area contributed by atoms with Gasteiger partial charge in [-0.2, -0.15) is 15.5 Å². The number of rotatable bonds is 8. The van der Waals surface area contributed by atoms with Gasteiger partial charge in [0.2, 0.25) is 0 Å². The van der Waals surface area contributed by atoms with E-state index in [1.54, 1.807) is 25.1 Å². The van der Waals surface area contributed by atoms with Crippen LogP contribution in [0.3, 0.4) is 0 Å². The molecule has 0 bridgehead atoms. The molecule has 0 radical (unpaired) electrons. The van der Waals surface area contributed by atoms with Gasteiger partial charge in [-0.15, -0.1) is 0 Å². The molecule has 0 amide bonds. The first-order valence-corrected chi connectivity index (χ1v) is 10.8. The molecule has 4 N–H and O–H groups in total. The van der Waals surface area contributed by atoms with E-state index in [2.05, 4.69) is 31.6 Å². The van der Waals surface area contributed by atoms with E-state index >= 15 is 0 Å². The van der Waals surface area contributed by atoms with Crippen molar-refractivity contribution in [1.82, 2.24) is 25.1 Å². The molecule has 0 spiro atoms. The molecule has 1 aromatic carbocycles. The maximum absolute atomic E-state index is 14.8. The number of halogens is 1. The van der Waals surface area contributed by atoms with Crippen LogP contribution in [0.2, 0.25) is 0 Å². The van der Waals surface area contributed by atoms with E-state index in [1.807, 2.05) is 16.9 Å². The number of nitrogen functional groups attached to an aromatic ring is 1. The van der Waals surface area contributed by atoms with Crippen LogP contribution >= 0.6 is 0 Å². The molecule has 0 aliphatic carbocycles. The van der Waals surface area contributed by atoms with Crippen LogP contribution in [0.5, 0.6) is 0 Å². The van der Waals surface area contributed by atoms with Crippen LogP contribution in [-0.4, -0.2) is 32.5 Å². The maximum atomic E-state index is 14.8. The first-order valence-electron chi connectivity index (χ1n) is 10.8. The van der Waals surface area contributed by atoms with Gasteiger partial charge in [0.25, 0.3) is 0 Å². The van der Waals surface area contributed by atoms with Crippen molar-refractivity contribution >= 4 is 11.5 Å². The van der Waals surface area contributed by atoms with E-state index < -0.39 is 5.82 Å². The van der Waals surface area contributed by atoms with E-state index in [1.165, 1.54) is 6.20 Å². The molecule has 3 heterocycles. The van der Waals surface area contributed by atoms with Crippen LogP contribution in [0.1, 0.15) is 35.4 Å². The minimum atomic E-state index is -0.872. The third kappa shape index (κ3) is 4.92. The monoisotopic (exact) mass is 461 g/mol. The summed E-state index contributed by atoms with van der Waals surface area (Å²) in [7, 11) is 0. The lowest BCUT2D eigenvalue weighted by molar-refractivity contribution is 0.0939. The van der Waals surface area contributed by atoms with Gasteiger partial charge in [-0.25, -0.2) is 19.9 Å². The first-order chi connectivity index (χ1) is 16.5. The van der Waals surface area contributed by atoms with Crippen molar-refractivity contribution in [3.8, 4) is 17.5 Å². The standard InChI is InChI=1S/C23H24FN9O/c1-14-15(10-25)4-2-6-18(14)23-29-21(20(24)22(26)30-23)19(31-27)12-28-11-16-7-8-33(32-16)13-17-5-3-9-34-17/h2,4,6-8,12,17,27-28H,3,5,9,11,13H2,1H3,(H2,26,29,30)/b19-12-,31-27?. The molecule has 1 aliphatic heterocycles. The van der Waals surface area contributed by atoms with Gasteiger partial charge in [0, 0.05) is 24.6 Å². The van der Waals surface area contributed by atoms with Crippen molar-refractivity contribution < 1.29 is 9.13 Å². The van der Waals surface area contributed by atoms with Crippen molar-refractivity contribution in [1.29, 1.82) is 10.8 Å². The minimum Gasteiger partial charge on any atom is -0.383 e. The molecule has 0 saturated carbocycles. The number of nitrogens with one attached hydrogen (secondary N) is 2. The van der Waals surface area contributed by atoms with Gasteiger partial charge < -0.3 is 15.8 Å². The summed E-state index contributed by atoms with van der Waals surface area (Å²) in [5.41, 5.74) is 15.5. The minimum absolute atomic E-state index is 0.0549. The van der Waals surface area contributed by atoms with Crippen molar-refractivity contribution in [2.75, 3.05) is 12.3 Å². The second kappa shape index (κ2) is 10.2. The summed E-state index contributed by atoms with van der Waals surface area (Å²) in [5.74, 6) is -1.10. The first kappa shape index (κ1) is 23.0. The normalized spacial score (nSPS) is 15.8. The highest BCUT2D eigenvalue weighted by Crippen LogP contribution is 2.27. The van der Waals surface area contributed by atoms with Crippen LogP contribution in [0, 0.1) is 29.6 Å².